The Labute approximate surface area is 129 Å². The zero-order chi connectivity index (χ0) is 14.6. The molecule has 2 rings (SSSR count). The van der Waals surface area contributed by atoms with Gasteiger partial charge in [-0.05, 0) is 35.6 Å². The lowest BCUT2D eigenvalue weighted by molar-refractivity contribution is 0.456. The number of aromatic nitrogens is 1. The lowest BCUT2D eigenvalue weighted by Crippen LogP contribution is -2.14. The summed E-state index contributed by atoms with van der Waals surface area (Å²) in [6.07, 6.45) is 2.86. The van der Waals surface area contributed by atoms with E-state index in [0.29, 0.717) is 5.88 Å². The Kier molecular flexibility index (Phi) is 4.81. The molecule has 20 heavy (non-hydrogen) atoms. The van der Waals surface area contributed by atoms with Crippen molar-refractivity contribution in [2.45, 2.75) is 37.9 Å². The second-order valence-electron chi connectivity index (χ2n) is 5.47. The van der Waals surface area contributed by atoms with Crippen LogP contribution in [0.5, 0.6) is 11.6 Å². The van der Waals surface area contributed by atoms with E-state index >= 15 is 0 Å². The van der Waals surface area contributed by atoms with Crippen LogP contribution in [0.4, 0.5) is 0 Å². The average Bonchev–Trinajstić information content (AvgIpc) is 2.48. The quantitative estimate of drug-likeness (QED) is 0.678. The minimum atomic E-state index is 0.199. The van der Waals surface area contributed by atoms with Crippen LogP contribution in [-0.2, 0) is 10.7 Å². The van der Waals surface area contributed by atoms with E-state index in [4.69, 9.17) is 4.74 Å². The smallest absolute Gasteiger partial charge is 0.223 e. The van der Waals surface area contributed by atoms with Gasteiger partial charge in [-0.15, -0.1) is 0 Å². The average molecular weight is 334 g/mol. The van der Waals surface area contributed by atoms with E-state index in [1.165, 1.54) is 5.56 Å². The van der Waals surface area contributed by atoms with E-state index in [-0.39, 0.29) is 5.41 Å². The number of benzene rings is 1. The molecule has 0 unspecified atom stereocenters. The highest BCUT2D eigenvalue weighted by atomic mass is 79.9. The third-order valence-corrected chi connectivity index (χ3v) is 4.33. The summed E-state index contributed by atoms with van der Waals surface area (Å²) >= 11 is 3.45. The number of rotatable bonds is 5. The van der Waals surface area contributed by atoms with Crippen molar-refractivity contribution in [1.29, 1.82) is 0 Å². The zero-order valence-electron chi connectivity index (χ0n) is 12.2. The van der Waals surface area contributed by atoms with Gasteiger partial charge < -0.3 is 4.74 Å². The molecule has 1 aromatic carbocycles. The largest absolute Gasteiger partial charge is 0.439 e. The third kappa shape index (κ3) is 3.40. The molecular formula is C17H20BrNO. The number of hydrogen-bond acceptors (Lipinski definition) is 2. The lowest BCUT2D eigenvalue weighted by Gasteiger charge is -2.23. The van der Waals surface area contributed by atoms with Crippen molar-refractivity contribution in [2.24, 2.45) is 0 Å². The first-order valence-corrected chi connectivity index (χ1v) is 7.97. The predicted molar refractivity (Wildman–Crippen MR) is 86.7 cm³/mol. The third-order valence-electron chi connectivity index (χ3n) is 3.73. The number of halogens is 1. The van der Waals surface area contributed by atoms with Gasteiger partial charge in [0.15, 0.2) is 0 Å². The molecule has 0 atom stereocenters. The van der Waals surface area contributed by atoms with Gasteiger partial charge in [0.25, 0.3) is 0 Å². The number of ether oxygens (including phenoxy) is 1. The van der Waals surface area contributed by atoms with Crippen LogP contribution < -0.4 is 4.74 Å². The van der Waals surface area contributed by atoms with Gasteiger partial charge >= 0.3 is 0 Å². The van der Waals surface area contributed by atoms with Crippen LogP contribution in [-0.4, -0.2) is 4.98 Å². The molecule has 1 heterocycles. The van der Waals surface area contributed by atoms with Crippen molar-refractivity contribution in [3.8, 4) is 11.6 Å². The SMILES string of the molecule is CCC(C)(C)c1ccc(Oc2ncccc2CBr)cc1. The Morgan fingerprint density at radius 3 is 2.45 bits per heavy atom. The van der Waals surface area contributed by atoms with Gasteiger partial charge in [0.1, 0.15) is 5.75 Å². The van der Waals surface area contributed by atoms with Crippen LogP contribution in [0, 0.1) is 0 Å². The Bertz CT molecular complexity index is 563. The molecule has 2 nitrogen and oxygen atoms in total. The van der Waals surface area contributed by atoms with Crippen LogP contribution in [0.25, 0.3) is 0 Å². The summed E-state index contributed by atoms with van der Waals surface area (Å²) in [7, 11) is 0. The number of pyridine rings is 1. The van der Waals surface area contributed by atoms with Crippen molar-refractivity contribution in [1.82, 2.24) is 4.98 Å². The molecule has 0 aliphatic rings. The molecule has 0 amide bonds. The van der Waals surface area contributed by atoms with Crippen molar-refractivity contribution in [2.75, 3.05) is 0 Å². The summed E-state index contributed by atoms with van der Waals surface area (Å²) in [6, 6.07) is 12.2. The maximum atomic E-state index is 5.86. The Hall–Kier alpha value is -1.35. The molecule has 3 heteroatoms. The van der Waals surface area contributed by atoms with E-state index in [2.05, 4.69) is 53.8 Å². The summed E-state index contributed by atoms with van der Waals surface area (Å²) in [5.74, 6) is 1.48. The standard InChI is InChI=1S/C17H20BrNO/c1-4-17(2,3)14-7-9-15(10-8-14)20-16-13(12-18)6-5-11-19-16/h5-11H,4,12H2,1-3H3. The predicted octanol–water partition coefficient (Wildman–Crippen LogP) is 5.46. The first kappa shape index (κ1) is 15.0. The highest BCUT2D eigenvalue weighted by Gasteiger charge is 2.17. The van der Waals surface area contributed by atoms with E-state index in [1.54, 1.807) is 6.20 Å². The zero-order valence-corrected chi connectivity index (χ0v) is 13.8. The summed E-state index contributed by atoms with van der Waals surface area (Å²) in [6.45, 7) is 6.72. The highest BCUT2D eigenvalue weighted by molar-refractivity contribution is 9.08. The number of hydrogen-bond donors (Lipinski definition) is 0. The Morgan fingerprint density at radius 1 is 1.15 bits per heavy atom. The topological polar surface area (TPSA) is 22.1 Å². The molecule has 0 fully saturated rings. The van der Waals surface area contributed by atoms with Crippen molar-refractivity contribution in [3.63, 3.8) is 0 Å². The van der Waals surface area contributed by atoms with Gasteiger partial charge in [-0.3, -0.25) is 0 Å². The van der Waals surface area contributed by atoms with Crippen LogP contribution in [0.3, 0.4) is 0 Å². The first-order chi connectivity index (χ1) is 9.56. The van der Waals surface area contributed by atoms with Crippen LogP contribution in [0.2, 0.25) is 0 Å². The molecule has 0 radical (unpaired) electrons. The molecule has 106 valence electrons. The molecule has 0 bridgehead atoms. The first-order valence-electron chi connectivity index (χ1n) is 6.85. The fraction of sp³-hybridized carbons (Fsp3) is 0.353. The number of alkyl halides is 1. The van der Waals surface area contributed by atoms with Gasteiger partial charge in [-0.1, -0.05) is 54.9 Å². The second kappa shape index (κ2) is 6.40. The lowest BCUT2D eigenvalue weighted by atomic mass is 9.82. The molecule has 0 N–H and O–H groups in total. The molecule has 0 aliphatic heterocycles. The normalized spacial score (nSPS) is 11.4. The van der Waals surface area contributed by atoms with Crippen molar-refractivity contribution in [3.05, 3.63) is 53.7 Å². The van der Waals surface area contributed by atoms with Gasteiger partial charge in [-0.25, -0.2) is 4.98 Å². The summed E-state index contributed by atoms with van der Waals surface area (Å²) < 4.78 is 5.86. The molecule has 0 aliphatic carbocycles. The van der Waals surface area contributed by atoms with E-state index in [9.17, 15) is 0 Å². The fourth-order valence-corrected chi connectivity index (χ4v) is 2.33. The van der Waals surface area contributed by atoms with Crippen LogP contribution in [0.1, 0.15) is 38.3 Å². The molecule has 0 saturated carbocycles. The van der Waals surface area contributed by atoms with Gasteiger partial charge in [0.05, 0.1) is 0 Å². The monoisotopic (exact) mass is 333 g/mol. The van der Waals surface area contributed by atoms with Gasteiger partial charge in [0.2, 0.25) is 5.88 Å². The molecular weight excluding hydrogens is 314 g/mol. The van der Waals surface area contributed by atoms with Crippen LogP contribution in [0.15, 0.2) is 42.6 Å². The minimum Gasteiger partial charge on any atom is -0.439 e. The Morgan fingerprint density at radius 2 is 1.85 bits per heavy atom. The van der Waals surface area contributed by atoms with Gasteiger partial charge in [0, 0.05) is 17.1 Å². The van der Waals surface area contributed by atoms with Crippen LogP contribution >= 0.6 is 15.9 Å². The fourth-order valence-electron chi connectivity index (χ4n) is 1.91. The minimum absolute atomic E-state index is 0.199. The summed E-state index contributed by atoms with van der Waals surface area (Å²) in [5.41, 5.74) is 2.57. The van der Waals surface area contributed by atoms with Gasteiger partial charge in [-0.2, -0.15) is 0 Å². The van der Waals surface area contributed by atoms with E-state index < -0.39 is 0 Å². The van der Waals surface area contributed by atoms with Crippen molar-refractivity contribution >= 4 is 15.9 Å². The number of nitrogens with zero attached hydrogens (tertiary/aromatic N) is 1. The molecule has 0 spiro atoms. The highest BCUT2D eigenvalue weighted by Crippen LogP contribution is 2.30. The molecule has 2 aromatic rings. The maximum Gasteiger partial charge on any atom is 0.223 e. The second-order valence-corrected chi connectivity index (χ2v) is 6.03. The summed E-state index contributed by atoms with van der Waals surface area (Å²) in [4.78, 5) is 4.28. The molecule has 1 aromatic heterocycles. The molecule has 0 saturated heterocycles. The summed E-state index contributed by atoms with van der Waals surface area (Å²) in [5, 5.41) is 0.733. The van der Waals surface area contributed by atoms with E-state index in [0.717, 1.165) is 23.1 Å². The van der Waals surface area contributed by atoms with E-state index in [1.807, 2.05) is 24.3 Å². The Balaban J connectivity index is 2.19. The maximum absolute atomic E-state index is 5.86. The van der Waals surface area contributed by atoms with Crippen molar-refractivity contribution < 1.29 is 4.74 Å².